The van der Waals surface area contributed by atoms with Gasteiger partial charge in [0.05, 0.1) is 16.8 Å². The van der Waals surface area contributed by atoms with Gasteiger partial charge in [0.1, 0.15) is 5.54 Å². The highest BCUT2D eigenvalue weighted by Crippen LogP contribution is 2.50. The van der Waals surface area contributed by atoms with E-state index in [9.17, 15) is 29.6 Å². The summed E-state index contributed by atoms with van der Waals surface area (Å²) in [6, 6.07) is 27.5. The largest absolute Gasteiger partial charge is 0.480 e. The van der Waals surface area contributed by atoms with Crippen LogP contribution in [0.5, 0.6) is 0 Å². The highest BCUT2D eigenvalue weighted by atomic mass is 16.6. The van der Waals surface area contributed by atoms with Gasteiger partial charge in [-0.3, -0.25) is 39.7 Å². The molecule has 2 fully saturated rings. The highest BCUT2D eigenvalue weighted by molar-refractivity contribution is 6.09. The van der Waals surface area contributed by atoms with Crippen LogP contribution in [0.25, 0.3) is 12.2 Å². The minimum atomic E-state index is -1.83. The number of pyridine rings is 1. The molecule has 0 spiro atoms. The Labute approximate surface area is 259 Å². The lowest BCUT2D eigenvalue weighted by molar-refractivity contribution is -0.384. The fraction of sp³-hybridized carbons (Fsp3) is 0.200. The first-order chi connectivity index (χ1) is 21.8. The van der Waals surface area contributed by atoms with Crippen LogP contribution in [0.1, 0.15) is 34.0 Å². The summed E-state index contributed by atoms with van der Waals surface area (Å²) in [5.41, 5.74) is 1.87. The van der Waals surface area contributed by atoms with Gasteiger partial charge >= 0.3 is 5.97 Å². The van der Waals surface area contributed by atoms with Gasteiger partial charge in [0.25, 0.3) is 5.69 Å². The van der Waals surface area contributed by atoms with Crippen LogP contribution in [0.4, 0.5) is 5.69 Å². The summed E-state index contributed by atoms with van der Waals surface area (Å²) in [5.74, 6) is -4.40. The lowest BCUT2D eigenvalue weighted by atomic mass is 9.76. The molecule has 3 heterocycles. The zero-order chi connectivity index (χ0) is 31.6. The van der Waals surface area contributed by atoms with E-state index in [1.807, 2.05) is 72.8 Å². The third-order valence-electron chi connectivity index (χ3n) is 8.64. The number of carbonyl (C=O) groups excluding carboxylic acids is 2. The van der Waals surface area contributed by atoms with Crippen molar-refractivity contribution >= 4 is 35.6 Å². The van der Waals surface area contributed by atoms with Gasteiger partial charge in [0.15, 0.2) is 0 Å². The van der Waals surface area contributed by atoms with Gasteiger partial charge in [-0.25, -0.2) is 0 Å². The zero-order valence-electron chi connectivity index (χ0n) is 24.2. The van der Waals surface area contributed by atoms with E-state index in [0.717, 1.165) is 11.1 Å². The highest BCUT2D eigenvalue weighted by Gasteiger charge is 2.68. The summed E-state index contributed by atoms with van der Waals surface area (Å²) < 4.78 is 0. The monoisotopic (exact) mass is 602 g/mol. The number of hydrogen-bond donors (Lipinski definition) is 2. The summed E-state index contributed by atoms with van der Waals surface area (Å²) in [4.78, 5) is 57.3. The Morgan fingerprint density at radius 2 is 1.58 bits per heavy atom. The molecule has 10 nitrogen and oxygen atoms in total. The predicted molar refractivity (Wildman–Crippen MR) is 166 cm³/mol. The van der Waals surface area contributed by atoms with Crippen LogP contribution in [0, 0.1) is 22.0 Å². The van der Waals surface area contributed by atoms with Crippen LogP contribution in [-0.4, -0.2) is 49.8 Å². The van der Waals surface area contributed by atoms with Gasteiger partial charge in [0, 0.05) is 49.5 Å². The number of fused-ring (bicyclic) bond motifs is 1. The number of nitrogens with zero attached hydrogens (tertiary/aromatic N) is 3. The molecule has 1 aromatic heterocycles. The molecule has 4 unspecified atom stereocenters. The summed E-state index contributed by atoms with van der Waals surface area (Å²) in [5, 5.41) is 25.1. The maximum Gasteiger partial charge on any atom is 0.325 e. The van der Waals surface area contributed by atoms with Gasteiger partial charge in [-0.1, -0.05) is 84.9 Å². The summed E-state index contributed by atoms with van der Waals surface area (Å²) in [6.45, 7) is 0.0743. The molecule has 2 aliphatic heterocycles. The molecular weight excluding hydrogens is 572 g/mol. The molecule has 45 heavy (non-hydrogen) atoms. The minimum Gasteiger partial charge on any atom is -0.480 e. The number of nitrogens with one attached hydrogen (secondary N) is 1. The molecule has 2 amide bonds. The number of nitro groups is 1. The van der Waals surface area contributed by atoms with Crippen molar-refractivity contribution in [1.29, 1.82) is 0 Å². The Morgan fingerprint density at radius 1 is 0.911 bits per heavy atom. The van der Waals surface area contributed by atoms with Gasteiger partial charge in [-0.05, 0) is 34.4 Å². The zero-order valence-corrected chi connectivity index (χ0v) is 24.2. The lowest BCUT2D eigenvalue weighted by Crippen LogP contribution is -2.57. The number of rotatable bonds is 10. The Kier molecular flexibility index (Phi) is 8.06. The average molecular weight is 603 g/mol. The molecule has 6 rings (SSSR count). The second kappa shape index (κ2) is 12.3. The number of aromatic nitrogens is 1. The molecular formula is C35H30N4O6. The molecule has 0 bridgehead atoms. The first kappa shape index (κ1) is 29.6. The summed E-state index contributed by atoms with van der Waals surface area (Å²) in [6.07, 6.45) is 5.76. The molecule has 4 aromatic rings. The standard InChI is InChI=1S/C35H30N4O6/c40-32-29-30(33(41)38(32)21-19-27-8-4-5-20-36-27)35(34(42)43,22-25-13-17-28(18-14-25)39(44)45)37-31(29)26-15-11-24(12-16-26)10-9-23-6-2-1-3-7-23/h1-18,20,29-31,37H,19,21-22H2,(H,42,43)/b10-9+. The number of carboxylic acids is 1. The van der Waals surface area contributed by atoms with Crippen molar-refractivity contribution in [3.8, 4) is 0 Å². The van der Waals surface area contributed by atoms with Crippen LogP contribution >= 0.6 is 0 Å². The normalized spacial score (nSPS) is 22.6. The fourth-order valence-electron chi connectivity index (χ4n) is 6.41. The Bertz CT molecular complexity index is 1760. The van der Waals surface area contributed by atoms with Gasteiger partial charge < -0.3 is 5.11 Å². The molecule has 2 aliphatic rings. The quantitative estimate of drug-likeness (QED) is 0.115. The molecule has 4 atom stereocenters. The predicted octanol–water partition coefficient (Wildman–Crippen LogP) is 4.71. The van der Waals surface area contributed by atoms with Crippen molar-refractivity contribution in [2.75, 3.05) is 6.54 Å². The third kappa shape index (κ3) is 5.75. The average Bonchev–Trinajstić information content (AvgIpc) is 3.53. The van der Waals surface area contributed by atoms with E-state index in [2.05, 4.69) is 10.3 Å². The number of amides is 2. The molecule has 10 heteroatoms. The van der Waals surface area contributed by atoms with E-state index in [-0.39, 0.29) is 18.7 Å². The van der Waals surface area contributed by atoms with Crippen LogP contribution in [0.15, 0.2) is 103 Å². The molecule has 0 aliphatic carbocycles. The molecule has 2 N–H and O–H groups in total. The number of carboxylic acid groups (broad SMARTS) is 1. The van der Waals surface area contributed by atoms with Crippen LogP contribution in [0.2, 0.25) is 0 Å². The number of benzene rings is 3. The van der Waals surface area contributed by atoms with Gasteiger partial charge in [0.2, 0.25) is 11.8 Å². The second-order valence-electron chi connectivity index (χ2n) is 11.3. The first-order valence-electron chi connectivity index (χ1n) is 14.6. The van der Waals surface area contributed by atoms with E-state index in [1.165, 1.54) is 29.2 Å². The SMILES string of the molecule is O=C1C2C(c3ccc(/C=C/c4ccccc4)cc3)NC(Cc3ccc([N+](=O)[O-])cc3)(C(=O)O)C2C(=O)N1CCc1ccccn1. The molecule has 0 radical (unpaired) electrons. The van der Waals surface area contributed by atoms with Gasteiger partial charge in [-0.15, -0.1) is 0 Å². The maximum absolute atomic E-state index is 14.0. The first-order valence-corrected chi connectivity index (χ1v) is 14.6. The van der Waals surface area contributed by atoms with Crippen LogP contribution in [-0.2, 0) is 27.2 Å². The van der Waals surface area contributed by atoms with Crippen molar-refractivity contribution in [2.45, 2.75) is 24.4 Å². The number of hydrogen-bond acceptors (Lipinski definition) is 7. The summed E-state index contributed by atoms with van der Waals surface area (Å²) in [7, 11) is 0. The molecule has 226 valence electrons. The van der Waals surface area contributed by atoms with Crippen LogP contribution < -0.4 is 5.32 Å². The van der Waals surface area contributed by atoms with E-state index in [1.54, 1.807) is 18.3 Å². The number of imide groups is 1. The topological polar surface area (TPSA) is 143 Å². The Morgan fingerprint density at radius 3 is 2.20 bits per heavy atom. The van der Waals surface area contributed by atoms with Crippen molar-refractivity contribution in [3.63, 3.8) is 0 Å². The molecule has 2 saturated heterocycles. The van der Waals surface area contributed by atoms with Crippen molar-refractivity contribution in [2.24, 2.45) is 11.8 Å². The Hall–Kier alpha value is -5.48. The van der Waals surface area contributed by atoms with E-state index < -0.39 is 46.1 Å². The van der Waals surface area contributed by atoms with Crippen molar-refractivity contribution in [3.05, 3.63) is 141 Å². The van der Waals surface area contributed by atoms with Crippen LogP contribution in [0.3, 0.4) is 0 Å². The number of likely N-dealkylation sites (tertiary alicyclic amines) is 1. The second-order valence-corrected chi connectivity index (χ2v) is 11.3. The van der Waals surface area contributed by atoms with Gasteiger partial charge in [-0.2, -0.15) is 0 Å². The molecule has 0 saturated carbocycles. The van der Waals surface area contributed by atoms with Crippen molar-refractivity contribution in [1.82, 2.24) is 15.2 Å². The summed E-state index contributed by atoms with van der Waals surface area (Å²) >= 11 is 0. The third-order valence-corrected chi connectivity index (χ3v) is 8.64. The number of nitro benzene ring substituents is 1. The van der Waals surface area contributed by atoms with E-state index in [0.29, 0.717) is 23.2 Å². The Balaban J connectivity index is 1.34. The fourth-order valence-corrected chi connectivity index (χ4v) is 6.41. The van der Waals surface area contributed by atoms with E-state index >= 15 is 0 Å². The van der Waals surface area contributed by atoms with E-state index in [4.69, 9.17) is 0 Å². The number of aliphatic carboxylic acids is 1. The lowest BCUT2D eigenvalue weighted by Gasteiger charge is -2.31. The maximum atomic E-state index is 14.0. The smallest absolute Gasteiger partial charge is 0.325 e. The molecule has 3 aromatic carbocycles. The number of carbonyl (C=O) groups is 3. The van der Waals surface area contributed by atoms with Crippen molar-refractivity contribution < 1.29 is 24.4 Å². The minimum absolute atomic E-state index is 0.0743. The number of non-ortho nitro benzene ring substituents is 1.